The van der Waals surface area contributed by atoms with Gasteiger partial charge in [-0.2, -0.15) is 0 Å². The Balaban J connectivity index is 1.54. The van der Waals surface area contributed by atoms with Crippen LogP contribution in [0.5, 0.6) is 0 Å². The van der Waals surface area contributed by atoms with Gasteiger partial charge in [0.15, 0.2) is 0 Å². The number of halogens is 1. The van der Waals surface area contributed by atoms with Crippen LogP contribution in [0.1, 0.15) is 18.4 Å². The van der Waals surface area contributed by atoms with Crippen molar-refractivity contribution in [2.75, 3.05) is 19.6 Å². The van der Waals surface area contributed by atoms with Crippen molar-refractivity contribution < 1.29 is 9.59 Å². The molecule has 0 radical (unpaired) electrons. The van der Waals surface area contributed by atoms with Crippen LogP contribution in [0.15, 0.2) is 23.6 Å². The van der Waals surface area contributed by atoms with Crippen molar-refractivity contribution in [3.8, 4) is 0 Å². The fraction of sp³-hybridized carbons (Fsp3) is 0.412. The van der Waals surface area contributed by atoms with Crippen LogP contribution in [0.3, 0.4) is 0 Å². The first-order valence-electron chi connectivity index (χ1n) is 7.97. The van der Waals surface area contributed by atoms with E-state index in [9.17, 15) is 9.59 Å². The van der Waals surface area contributed by atoms with Crippen molar-refractivity contribution in [1.29, 1.82) is 0 Å². The largest absolute Gasteiger partial charge is 0.369 e. The minimum absolute atomic E-state index is 0.00242. The second-order valence-electron chi connectivity index (χ2n) is 6.14. The summed E-state index contributed by atoms with van der Waals surface area (Å²) in [6.07, 6.45) is 1.52. The van der Waals surface area contributed by atoms with E-state index in [4.69, 9.17) is 17.3 Å². The minimum Gasteiger partial charge on any atom is -0.369 e. The van der Waals surface area contributed by atoms with E-state index in [2.05, 4.69) is 10.7 Å². The number of likely N-dealkylation sites (tertiary alicyclic amines) is 1. The van der Waals surface area contributed by atoms with E-state index < -0.39 is 0 Å². The first kappa shape index (κ1) is 17.2. The number of nitrogens with zero attached hydrogens (tertiary/aromatic N) is 1. The quantitative estimate of drug-likeness (QED) is 0.854. The summed E-state index contributed by atoms with van der Waals surface area (Å²) in [5.74, 6) is -0.237. The molecule has 5 nitrogen and oxygen atoms in total. The van der Waals surface area contributed by atoms with Crippen LogP contribution >= 0.6 is 22.9 Å². The van der Waals surface area contributed by atoms with Crippen LogP contribution < -0.4 is 11.1 Å². The molecule has 1 aromatic heterocycles. The topological polar surface area (TPSA) is 75.4 Å². The Labute approximate surface area is 149 Å². The van der Waals surface area contributed by atoms with Crippen LogP contribution in [0.2, 0.25) is 5.02 Å². The normalized spacial score (nSPS) is 16.4. The average molecular weight is 366 g/mol. The maximum Gasteiger partial charge on any atom is 0.231 e. The molecular formula is C17H20ClN3O2S. The molecule has 24 heavy (non-hydrogen) atoms. The van der Waals surface area contributed by atoms with E-state index in [-0.39, 0.29) is 24.3 Å². The number of hydrogen-bond acceptors (Lipinski definition) is 4. The van der Waals surface area contributed by atoms with Crippen molar-refractivity contribution >= 4 is 44.8 Å². The summed E-state index contributed by atoms with van der Waals surface area (Å²) in [5, 5.41) is 6.91. The number of thiophene rings is 1. The third kappa shape index (κ3) is 4.06. The zero-order valence-electron chi connectivity index (χ0n) is 13.3. The lowest BCUT2D eigenvalue weighted by atomic mass is 9.96. The summed E-state index contributed by atoms with van der Waals surface area (Å²) in [7, 11) is 0. The highest BCUT2D eigenvalue weighted by Gasteiger charge is 2.25. The number of primary amides is 1. The second-order valence-corrected chi connectivity index (χ2v) is 7.48. The van der Waals surface area contributed by atoms with Crippen molar-refractivity contribution in [2.24, 2.45) is 11.7 Å². The SMILES string of the molecule is NC(=O)CN1CCC(C(=O)NCc2csc3ccc(Cl)cc23)CC1. The van der Waals surface area contributed by atoms with Gasteiger partial charge in [-0.25, -0.2) is 0 Å². The molecule has 2 aromatic rings. The van der Waals surface area contributed by atoms with Gasteiger partial charge in [0.2, 0.25) is 11.8 Å². The number of amides is 2. The lowest BCUT2D eigenvalue weighted by molar-refractivity contribution is -0.126. The van der Waals surface area contributed by atoms with Gasteiger partial charge >= 0.3 is 0 Å². The highest BCUT2D eigenvalue weighted by molar-refractivity contribution is 7.17. The number of rotatable bonds is 5. The molecule has 0 atom stereocenters. The number of piperidine rings is 1. The van der Waals surface area contributed by atoms with Crippen molar-refractivity contribution in [3.63, 3.8) is 0 Å². The lowest BCUT2D eigenvalue weighted by Crippen LogP contribution is -2.43. The molecule has 1 fully saturated rings. The fourth-order valence-corrected chi connectivity index (χ4v) is 4.21. The number of benzene rings is 1. The number of carbonyl (C=O) groups is 2. The lowest BCUT2D eigenvalue weighted by Gasteiger charge is -2.30. The minimum atomic E-state index is -0.319. The van der Waals surface area contributed by atoms with Crippen LogP contribution in [0.25, 0.3) is 10.1 Å². The fourth-order valence-electron chi connectivity index (χ4n) is 3.09. The Morgan fingerprint density at radius 1 is 1.33 bits per heavy atom. The molecule has 3 rings (SSSR count). The molecule has 1 aromatic carbocycles. The number of hydrogen-bond donors (Lipinski definition) is 2. The first-order valence-corrected chi connectivity index (χ1v) is 9.22. The van der Waals surface area contributed by atoms with E-state index in [1.54, 1.807) is 11.3 Å². The molecule has 1 aliphatic heterocycles. The maximum absolute atomic E-state index is 12.4. The molecule has 2 amide bonds. The summed E-state index contributed by atoms with van der Waals surface area (Å²) < 4.78 is 1.17. The Morgan fingerprint density at radius 3 is 2.79 bits per heavy atom. The van der Waals surface area contributed by atoms with Crippen LogP contribution in [-0.2, 0) is 16.1 Å². The zero-order chi connectivity index (χ0) is 17.1. The van der Waals surface area contributed by atoms with Gasteiger partial charge in [-0.15, -0.1) is 11.3 Å². The summed E-state index contributed by atoms with van der Waals surface area (Å²) in [4.78, 5) is 25.3. The Morgan fingerprint density at radius 2 is 2.08 bits per heavy atom. The first-order chi connectivity index (χ1) is 11.5. The van der Waals surface area contributed by atoms with Gasteiger partial charge in [0, 0.05) is 22.2 Å². The monoisotopic (exact) mass is 365 g/mol. The van der Waals surface area contributed by atoms with Gasteiger partial charge in [0.1, 0.15) is 0 Å². The van der Waals surface area contributed by atoms with E-state index in [0.717, 1.165) is 36.9 Å². The van der Waals surface area contributed by atoms with E-state index in [1.165, 1.54) is 4.70 Å². The average Bonchev–Trinajstić information content (AvgIpc) is 2.95. The van der Waals surface area contributed by atoms with Crippen LogP contribution in [0.4, 0.5) is 0 Å². The molecule has 128 valence electrons. The second kappa shape index (κ2) is 7.51. The maximum atomic E-state index is 12.4. The van der Waals surface area contributed by atoms with Gasteiger partial charge in [-0.05, 0) is 60.5 Å². The molecular weight excluding hydrogens is 346 g/mol. The number of nitrogens with one attached hydrogen (secondary N) is 1. The van der Waals surface area contributed by atoms with Crippen molar-refractivity contribution in [3.05, 3.63) is 34.2 Å². The smallest absolute Gasteiger partial charge is 0.231 e. The van der Waals surface area contributed by atoms with Gasteiger partial charge < -0.3 is 11.1 Å². The van der Waals surface area contributed by atoms with E-state index in [0.29, 0.717) is 11.6 Å². The summed E-state index contributed by atoms with van der Waals surface area (Å²) in [5.41, 5.74) is 6.30. The molecule has 3 N–H and O–H groups in total. The molecule has 1 aliphatic rings. The van der Waals surface area contributed by atoms with Crippen LogP contribution in [-0.4, -0.2) is 36.3 Å². The summed E-state index contributed by atoms with van der Waals surface area (Å²) >= 11 is 7.72. The Bertz CT molecular complexity index is 753. The van der Waals surface area contributed by atoms with E-state index in [1.807, 2.05) is 23.1 Å². The molecule has 2 heterocycles. The molecule has 0 spiro atoms. The van der Waals surface area contributed by atoms with Gasteiger partial charge in [0.05, 0.1) is 6.54 Å². The highest BCUT2D eigenvalue weighted by atomic mass is 35.5. The summed E-state index contributed by atoms with van der Waals surface area (Å²) in [6.45, 7) is 2.26. The Kier molecular flexibility index (Phi) is 5.38. The number of fused-ring (bicyclic) bond motifs is 1. The Hall–Kier alpha value is -1.63. The zero-order valence-corrected chi connectivity index (χ0v) is 14.8. The number of carbonyl (C=O) groups excluding carboxylic acids is 2. The van der Waals surface area contributed by atoms with Gasteiger partial charge in [0.25, 0.3) is 0 Å². The third-order valence-electron chi connectivity index (χ3n) is 4.41. The molecule has 7 heteroatoms. The number of nitrogens with two attached hydrogens (primary N) is 1. The standard InChI is InChI=1S/C17H20ClN3O2S/c18-13-1-2-15-14(7-13)12(10-24-15)8-20-17(23)11-3-5-21(6-4-11)9-16(19)22/h1-2,7,10-11H,3-6,8-9H2,(H2,19,22)(H,20,23). The van der Waals surface area contributed by atoms with E-state index >= 15 is 0 Å². The molecule has 1 saturated heterocycles. The molecule has 0 unspecified atom stereocenters. The predicted octanol–water partition coefficient (Wildman–Crippen LogP) is 2.37. The van der Waals surface area contributed by atoms with Gasteiger partial charge in [-0.1, -0.05) is 11.6 Å². The molecule has 0 aliphatic carbocycles. The van der Waals surface area contributed by atoms with Gasteiger partial charge in [-0.3, -0.25) is 14.5 Å². The third-order valence-corrected chi connectivity index (χ3v) is 5.65. The molecule has 0 saturated carbocycles. The van der Waals surface area contributed by atoms with Crippen LogP contribution in [0, 0.1) is 5.92 Å². The van der Waals surface area contributed by atoms with Crippen molar-refractivity contribution in [2.45, 2.75) is 19.4 Å². The predicted molar refractivity (Wildman–Crippen MR) is 97.0 cm³/mol. The molecule has 0 bridgehead atoms. The van der Waals surface area contributed by atoms with Crippen molar-refractivity contribution in [1.82, 2.24) is 10.2 Å². The highest BCUT2D eigenvalue weighted by Crippen LogP contribution is 2.28. The summed E-state index contributed by atoms with van der Waals surface area (Å²) in [6, 6.07) is 5.82.